The molecule has 17 heavy (non-hydrogen) atoms. The number of aromatic nitrogens is 1. The van der Waals surface area contributed by atoms with Crippen LogP contribution in [0.1, 0.15) is 27.7 Å². The summed E-state index contributed by atoms with van der Waals surface area (Å²) in [4.78, 5) is 13.4. The van der Waals surface area contributed by atoms with Crippen LogP contribution in [-0.2, 0) is 9.31 Å². The number of nitrogens with one attached hydrogen (secondary N) is 1. The van der Waals surface area contributed by atoms with Crippen LogP contribution in [0.2, 0.25) is 0 Å². The zero-order valence-electron chi connectivity index (χ0n) is 10.3. The van der Waals surface area contributed by atoms with E-state index in [9.17, 15) is 9.18 Å². The molecule has 2 heterocycles. The molecule has 4 nitrogen and oxygen atoms in total. The molecule has 92 valence electrons. The molecule has 1 saturated heterocycles. The smallest absolute Gasteiger partial charge is 0.399 e. The molecule has 1 N–H and O–H groups in total. The minimum Gasteiger partial charge on any atom is -0.399 e. The Morgan fingerprint density at radius 2 is 1.76 bits per heavy atom. The highest BCUT2D eigenvalue weighted by Crippen LogP contribution is 2.36. The van der Waals surface area contributed by atoms with Gasteiger partial charge in [-0.05, 0) is 27.7 Å². The van der Waals surface area contributed by atoms with Crippen LogP contribution in [-0.4, -0.2) is 23.3 Å². The van der Waals surface area contributed by atoms with Gasteiger partial charge in [-0.1, -0.05) is 0 Å². The average molecular weight is 239 g/mol. The van der Waals surface area contributed by atoms with E-state index in [1.165, 1.54) is 6.20 Å². The second-order valence-corrected chi connectivity index (χ2v) is 5.19. The van der Waals surface area contributed by atoms with Crippen molar-refractivity contribution in [3.8, 4) is 0 Å². The predicted octanol–water partition coefficient (Wildman–Crippen LogP) is 0.813. The Hall–Kier alpha value is -1.14. The van der Waals surface area contributed by atoms with Gasteiger partial charge in [-0.15, -0.1) is 0 Å². The summed E-state index contributed by atoms with van der Waals surface area (Å²) < 4.78 is 25.0. The molecule has 1 aliphatic heterocycles. The van der Waals surface area contributed by atoms with Gasteiger partial charge in [0.05, 0.1) is 11.2 Å². The van der Waals surface area contributed by atoms with Crippen molar-refractivity contribution < 1.29 is 13.7 Å². The summed E-state index contributed by atoms with van der Waals surface area (Å²) in [5.41, 5.74) is -1.33. The monoisotopic (exact) mass is 239 g/mol. The predicted molar refractivity (Wildman–Crippen MR) is 62.7 cm³/mol. The summed E-state index contributed by atoms with van der Waals surface area (Å²) in [5, 5.41) is 0. The Bertz CT molecular complexity index is 482. The fourth-order valence-electron chi connectivity index (χ4n) is 1.61. The minimum atomic E-state index is -0.795. The van der Waals surface area contributed by atoms with Crippen LogP contribution in [0.25, 0.3) is 0 Å². The molecule has 0 unspecified atom stereocenters. The zero-order chi connectivity index (χ0) is 12.8. The second kappa shape index (κ2) is 3.68. The molecule has 1 fully saturated rings. The average Bonchev–Trinajstić information content (AvgIpc) is 2.35. The lowest BCUT2D eigenvalue weighted by Gasteiger charge is -2.32. The molecule has 0 spiro atoms. The molecular formula is C11H15BFNO3. The molecule has 0 amide bonds. The van der Waals surface area contributed by atoms with E-state index in [1.54, 1.807) is 0 Å². The molecule has 1 aromatic rings. The van der Waals surface area contributed by atoms with E-state index in [1.807, 2.05) is 27.7 Å². The van der Waals surface area contributed by atoms with Crippen LogP contribution in [0.4, 0.5) is 4.39 Å². The number of hydrogen-bond donors (Lipinski definition) is 1. The summed E-state index contributed by atoms with van der Waals surface area (Å²) in [5.74, 6) is -0.618. The van der Waals surface area contributed by atoms with Gasteiger partial charge in [0.25, 0.3) is 5.56 Å². The highest BCUT2D eigenvalue weighted by molar-refractivity contribution is 6.62. The van der Waals surface area contributed by atoms with Crippen LogP contribution >= 0.6 is 0 Å². The number of rotatable bonds is 1. The molecule has 0 radical (unpaired) electrons. The standard InChI is InChI=1S/C11H15BFNO3/c1-10(2)11(3,4)17-12(16-10)7-6-14-9(15)5-8(7)13/h5-6H,1-4H3,(H,14,15). The Morgan fingerprint density at radius 3 is 2.24 bits per heavy atom. The largest absolute Gasteiger partial charge is 0.499 e. The summed E-state index contributed by atoms with van der Waals surface area (Å²) in [6.45, 7) is 7.54. The first-order valence-corrected chi connectivity index (χ1v) is 5.47. The number of halogens is 1. The van der Waals surface area contributed by atoms with Crippen LogP contribution in [0.15, 0.2) is 17.1 Å². The third-order valence-electron chi connectivity index (χ3n) is 3.41. The third kappa shape index (κ3) is 2.02. The van der Waals surface area contributed by atoms with Crippen molar-refractivity contribution in [3.63, 3.8) is 0 Å². The quantitative estimate of drug-likeness (QED) is 0.738. The molecule has 0 aromatic carbocycles. The molecule has 0 aliphatic carbocycles. The van der Waals surface area contributed by atoms with Gasteiger partial charge in [-0.3, -0.25) is 4.79 Å². The minimum absolute atomic E-state index is 0.211. The highest BCUT2D eigenvalue weighted by atomic mass is 19.1. The first-order chi connectivity index (χ1) is 7.73. The van der Waals surface area contributed by atoms with E-state index >= 15 is 0 Å². The molecule has 1 aliphatic rings. The summed E-state index contributed by atoms with van der Waals surface area (Å²) in [6, 6.07) is 0.889. The van der Waals surface area contributed by atoms with E-state index in [0.717, 1.165) is 6.07 Å². The first-order valence-electron chi connectivity index (χ1n) is 5.47. The van der Waals surface area contributed by atoms with Gasteiger partial charge in [0.2, 0.25) is 0 Å². The highest BCUT2D eigenvalue weighted by Gasteiger charge is 2.52. The van der Waals surface area contributed by atoms with Gasteiger partial charge in [0.15, 0.2) is 0 Å². The number of aromatic amines is 1. The SMILES string of the molecule is CC1(C)OB(c2c[nH]c(=O)cc2F)OC1(C)C. The molecule has 6 heteroatoms. The summed E-state index contributed by atoms with van der Waals surface area (Å²) in [6.07, 6.45) is 1.29. The second-order valence-electron chi connectivity index (χ2n) is 5.19. The van der Waals surface area contributed by atoms with Crippen LogP contribution in [0.3, 0.4) is 0 Å². The summed E-state index contributed by atoms with van der Waals surface area (Å²) >= 11 is 0. The maximum absolute atomic E-state index is 13.6. The lowest BCUT2D eigenvalue weighted by Crippen LogP contribution is -2.41. The maximum atomic E-state index is 13.6. The van der Waals surface area contributed by atoms with Gasteiger partial charge >= 0.3 is 7.12 Å². The Morgan fingerprint density at radius 1 is 1.24 bits per heavy atom. The molecule has 1 aromatic heterocycles. The van der Waals surface area contributed by atoms with E-state index in [2.05, 4.69) is 4.98 Å². The molecule has 0 atom stereocenters. The van der Waals surface area contributed by atoms with Crippen molar-refractivity contribution in [1.82, 2.24) is 4.98 Å². The number of pyridine rings is 1. The Kier molecular flexibility index (Phi) is 2.67. The van der Waals surface area contributed by atoms with Crippen molar-refractivity contribution in [2.75, 3.05) is 0 Å². The Labute approximate surface area is 99.3 Å². The molecular weight excluding hydrogens is 224 g/mol. The van der Waals surface area contributed by atoms with Crippen LogP contribution in [0, 0.1) is 5.82 Å². The Balaban J connectivity index is 2.35. The molecule has 0 saturated carbocycles. The topological polar surface area (TPSA) is 51.3 Å². The van der Waals surface area contributed by atoms with E-state index in [0.29, 0.717) is 0 Å². The lowest BCUT2D eigenvalue weighted by atomic mass is 9.80. The van der Waals surface area contributed by atoms with Crippen molar-refractivity contribution in [3.05, 3.63) is 28.4 Å². The zero-order valence-corrected chi connectivity index (χ0v) is 10.3. The van der Waals surface area contributed by atoms with Gasteiger partial charge in [0, 0.05) is 17.7 Å². The molecule has 0 bridgehead atoms. The van der Waals surface area contributed by atoms with Crippen molar-refractivity contribution >= 4 is 12.6 Å². The van der Waals surface area contributed by atoms with Crippen molar-refractivity contribution in [1.29, 1.82) is 0 Å². The molecule has 2 rings (SSSR count). The van der Waals surface area contributed by atoms with E-state index in [-0.39, 0.29) is 5.46 Å². The summed E-state index contributed by atoms with van der Waals surface area (Å²) in [7, 11) is -0.795. The van der Waals surface area contributed by atoms with E-state index < -0.39 is 29.7 Å². The van der Waals surface area contributed by atoms with Crippen LogP contribution < -0.4 is 11.0 Å². The fraction of sp³-hybridized carbons (Fsp3) is 0.545. The van der Waals surface area contributed by atoms with Crippen LogP contribution in [0.5, 0.6) is 0 Å². The third-order valence-corrected chi connectivity index (χ3v) is 3.41. The van der Waals surface area contributed by atoms with Crippen molar-refractivity contribution in [2.45, 2.75) is 38.9 Å². The van der Waals surface area contributed by atoms with Gasteiger partial charge < -0.3 is 14.3 Å². The number of H-pyrrole nitrogens is 1. The van der Waals surface area contributed by atoms with Crippen molar-refractivity contribution in [2.24, 2.45) is 0 Å². The number of hydrogen-bond acceptors (Lipinski definition) is 3. The van der Waals surface area contributed by atoms with Gasteiger partial charge in [-0.25, -0.2) is 4.39 Å². The lowest BCUT2D eigenvalue weighted by molar-refractivity contribution is 0.00578. The normalized spacial score (nSPS) is 21.8. The van der Waals surface area contributed by atoms with Gasteiger partial charge in [0.1, 0.15) is 5.82 Å². The van der Waals surface area contributed by atoms with Gasteiger partial charge in [-0.2, -0.15) is 0 Å². The maximum Gasteiger partial charge on any atom is 0.499 e. The first kappa shape index (κ1) is 12.3. The fourth-order valence-corrected chi connectivity index (χ4v) is 1.61. The van der Waals surface area contributed by atoms with E-state index in [4.69, 9.17) is 9.31 Å².